The molecular formula is C18H29N5. The quantitative estimate of drug-likeness (QED) is 0.512. The normalized spacial score (nSPS) is 13.4. The first-order valence-electron chi connectivity index (χ1n) is 7.40. The molecule has 0 fully saturated rings. The van der Waals surface area contributed by atoms with Crippen LogP contribution in [0.3, 0.4) is 0 Å². The number of allylic oxidation sites excluding steroid dienone is 1. The molecule has 0 radical (unpaired) electrons. The van der Waals surface area contributed by atoms with Crippen LogP contribution in [0.5, 0.6) is 0 Å². The molecule has 5 heteroatoms. The van der Waals surface area contributed by atoms with Gasteiger partial charge in [0.2, 0.25) is 0 Å². The Morgan fingerprint density at radius 1 is 0.696 bits per heavy atom. The summed E-state index contributed by atoms with van der Waals surface area (Å²) in [5, 5.41) is 0. The second-order valence-electron chi connectivity index (χ2n) is 4.39. The molecule has 0 aliphatic heterocycles. The van der Waals surface area contributed by atoms with Crippen LogP contribution in [0.25, 0.3) is 6.08 Å². The van der Waals surface area contributed by atoms with Crippen molar-refractivity contribution in [3.05, 3.63) is 65.2 Å². The SMILES string of the molecule is CN.CN.CN.Nc1ccc(C2C=Cc3cc(N)ccc32)cc1. The summed E-state index contributed by atoms with van der Waals surface area (Å²) in [6.07, 6.45) is 4.34. The third-order valence-electron chi connectivity index (χ3n) is 3.21. The first kappa shape index (κ1) is 20.7. The molecule has 23 heavy (non-hydrogen) atoms. The van der Waals surface area contributed by atoms with E-state index in [0.29, 0.717) is 5.92 Å². The lowest BCUT2D eigenvalue weighted by atomic mass is 9.93. The van der Waals surface area contributed by atoms with Crippen molar-refractivity contribution in [2.75, 3.05) is 32.6 Å². The average molecular weight is 315 g/mol. The number of anilines is 2. The third kappa shape index (κ3) is 5.41. The maximum atomic E-state index is 5.78. The minimum Gasteiger partial charge on any atom is -0.399 e. The van der Waals surface area contributed by atoms with E-state index in [-0.39, 0.29) is 0 Å². The summed E-state index contributed by atoms with van der Waals surface area (Å²) >= 11 is 0. The van der Waals surface area contributed by atoms with Gasteiger partial charge in [-0.2, -0.15) is 0 Å². The van der Waals surface area contributed by atoms with E-state index in [2.05, 4.69) is 47.6 Å². The van der Waals surface area contributed by atoms with Gasteiger partial charge in [-0.05, 0) is 62.1 Å². The molecule has 5 nitrogen and oxygen atoms in total. The molecule has 0 saturated carbocycles. The molecule has 0 heterocycles. The minimum atomic E-state index is 0.325. The van der Waals surface area contributed by atoms with Crippen LogP contribution in [-0.4, -0.2) is 21.1 Å². The largest absolute Gasteiger partial charge is 0.399 e. The Balaban J connectivity index is 0.000000728. The Hall–Kier alpha value is -2.34. The van der Waals surface area contributed by atoms with Gasteiger partial charge in [-0.3, -0.25) is 0 Å². The summed E-state index contributed by atoms with van der Waals surface area (Å²) in [5.41, 5.74) is 30.4. The van der Waals surface area contributed by atoms with Crippen molar-refractivity contribution >= 4 is 17.5 Å². The number of hydrogen-bond acceptors (Lipinski definition) is 5. The maximum absolute atomic E-state index is 5.78. The highest BCUT2D eigenvalue weighted by Gasteiger charge is 2.18. The Bertz CT molecular complexity index is 591. The van der Waals surface area contributed by atoms with E-state index in [1.807, 2.05) is 24.3 Å². The molecule has 0 spiro atoms. The van der Waals surface area contributed by atoms with Crippen LogP contribution in [0, 0.1) is 0 Å². The van der Waals surface area contributed by atoms with Gasteiger partial charge < -0.3 is 28.7 Å². The molecule has 1 atom stereocenters. The van der Waals surface area contributed by atoms with E-state index in [0.717, 1.165) is 11.4 Å². The molecule has 1 aliphatic rings. The topological polar surface area (TPSA) is 130 Å². The molecule has 0 aromatic heterocycles. The number of hydrogen-bond donors (Lipinski definition) is 5. The van der Waals surface area contributed by atoms with Crippen LogP contribution >= 0.6 is 0 Å². The predicted molar refractivity (Wildman–Crippen MR) is 103 cm³/mol. The average Bonchev–Trinajstić information content (AvgIpc) is 3.04. The van der Waals surface area contributed by atoms with Gasteiger partial charge in [-0.15, -0.1) is 0 Å². The highest BCUT2D eigenvalue weighted by molar-refractivity contribution is 5.68. The lowest BCUT2D eigenvalue weighted by molar-refractivity contribution is 1.05. The second kappa shape index (κ2) is 11.3. The van der Waals surface area contributed by atoms with E-state index >= 15 is 0 Å². The van der Waals surface area contributed by atoms with Gasteiger partial charge in [0.1, 0.15) is 0 Å². The van der Waals surface area contributed by atoms with Crippen molar-refractivity contribution in [3.63, 3.8) is 0 Å². The van der Waals surface area contributed by atoms with E-state index < -0.39 is 0 Å². The van der Waals surface area contributed by atoms with E-state index in [4.69, 9.17) is 11.5 Å². The summed E-state index contributed by atoms with van der Waals surface area (Å²) in [4.78, 5) is 0. The molecule has 2 aromatic rings. The molecule has 0 saturated heterocycles. The molecule has 0 bridgehead atoms. The van der Waals surface area contributed by atoms with Crippen molar-refractivity contribution in [2.24, 2.45) is 17.2 Å². The van der Waals surface area contributed by atoms with E-state index in [9.17, 15) is 0 Å². The zero-order chi connectivity index (χ0) is 17.8. The van der Waals surface area contributed by atoms with Crippen LogP contribution in [0.2, 0.25) is 0 Å². The van der Waals surface area contributed by atoms with Gasteiger partial charge >= 0.3 is 0 Å². The number of rotatable bonds is 1. The monoisotopic (exact) mass is 315 g/mol. The van der Waals surface area contributed by atoms with Gasteiger partial charge in [0.05, 0.1) is 0 Å². The lowest BCUT2D eigenvalue weighted by Gasteiger charge is -2.12. The third-order valence-corrected chi connectivity index (χ3v) is 3.21. The molecule has 126 valence electrons. The standard InChI is InChI=1S/C15H14N2.3CH5N/c16-12-4-1-10(2-5-12)14-7-3-11-9-13(17)6-8-15(11)14;3*1-2/h1-9,14H,16-17H2;3*2H2,1H3. The van der Waals surface area contributed by atoms with Crippen LogP contribution in [0.4, 0.5) is 11.4 Å². The van der Waals surface area contributed by atoms with Crippen molar-refractivity contribution < 1.29 is 0 Å². The van der Waals surface area contributed by atoms with Crippen LogP contribution < -0.4 is 28.7 Å². The maximum Gasteiger partial charge on any atom is 0.0320 e. The summed E-state index contributed by atoms with van der Waals surface area (Å²) in [7, 11) is 4.50. The summed E-state index contributed by atoms with van der Waals surface area (Å²) < 4.78 is 0. The van der Waals surface area contributed by atoms with E-state index in [1.54, 1.807) is 0 Å². The smallest absolute Gasteiger partial charge is 0.0320 e. The molecule has 2 aromatic carbocycles. The van der Waals surface area contributed by atoms with E-state index in [1.165, 1.54) is 37.8 Å². The first-order chi connectivity index (χ1) is 11.2. The lowest BCUT2D eigenvalue weighted by Crippen LogP contribution is -1.97. The Morgan fingerprint density at radius 2 is 1.22 bits per heavy atom. The predicted octanol–water partition coefficient (Wildman–Crippen LogP) is 1.73. The zero-order valence-corrected chi connectivity index (χ0v) is 14.2. The number of nitrogen functional groups attached to an aromatic ring is 2. The summed E-state index contributed by atoms with van der Waals surface area (Å²) in [6.45, 7) is 0. The number of nitrogens with two attached hydrogens (primary N) is 5. The van der Waals surface area contributed by atoms with Gasteiger partial charge in [-0.1, -0.05) is 30.4 Å². The number of fused-ring (bicyclic) bond motifs is 1. The van der Waals surface area contributed by atoms with Gasteiger partial charge in [0.15, 0.2) is 0 Å². The van der Waals surface area contributed by atoms with Crippen molar-refractivity contribution in [1.29, 1.82) is 0 Å². The fourth-order valence-electron chi connectivity index (χ4n) is 2.32. The molecule has 0 amide bonds. The molecule has 3 rings (SSSR count). The fraction of sp³-hybridized carbons (Fsp3) is 0.222. The van der Waals surface area contributed by atoms with Crippen LogP contribution in [0.1, 0.15) is 22.6 Å². The van der Waals surface area contributed by atoms with Gasteiger partial charge in [-0.25, -0.2) is 0 Å². The molecule has 10 N–H and O–H groups in total. The summed E-state index contributed by atoms with van der Waals surface area (Å²) in [5.74, 6) is 0.325. The highest BCUT2D eigenvalue weighted by atomic mass is 14.5. The Kier molecular flexibility index (Phi) is 10.1. The van der Waals surface area contributed by atoms with Crippen molar-refractivity contribution in [2.45, 2.75) is 5.92 Å². The number of benzene rings is 2. The molecule has 1 unspecified atom stereocenters. The van der Waals surface area contributed by atoms with Gasteiger partial charge in [0, 0.05) is 17.3 Å². The van der Waals surface area contributed by atoms with Crippen LogP contribution in [-0.2, 0) is 0 Å². The van der Waals surface area contributed by atoms with Crippen molar-refractivity contribution in [1.82, 2.24) is 0 Å². The highest BCUT2D eigenvalue weighted by Crippen LogP contribution is 2.36. The Labute approximate surface area is 139 Å². The zero-order valence-electron chi connectivity index (χ0n) is 14.2. The minimum absolute atomic E-state index is 0.325. The summed E-state index contributed by atoms with van der Waals surface area (Å²) in [6, 6.07) is 14.1. The fourth-order valence-corrected chi connectivity index (χ4v) is 2.32. The molecule has 1 aliphatic carbocycles. The Morgan fingerprint density at radius 3 is 1.78 bits per heavy atom. The van der Waals surface area contributed by atoms with Crippen molar-refractivity contribution in [3.8, 4) is 0 Å². The van der Waals surface area contributed by atoms with Gasteiger partial charge in [0.25, 0.3) is 0 Å². The first-order valence-corrected chi connectivity index (χ1v) is 7.40. The molecular weight excluding hydrogens is 286 g/mol. The van der Waals surface area contributed by atoms with Crippen LogP contribution in [0.15, 0.2) is 48.5 Å². The second-order valence-corrected chi connectivity index (χ2v) is 4.39.